The Morgan fingerprint density at radius 3 is 2.76 bits per heavy atom. The molecule has 0 spiro atoms. The summed E-state index contributed by atoms with van der Waals surface area (Å²) in [5.74, 6) is 0.470. The lowest BCUT2D eigenvalue weighted by atomic mass is 9.83. The maximum Gasteiger partial charge on any atom is 0.270 e. The van der Waals surface area contributed by atoms with Crippen LogP contribution in [-0.2, 0) is 0 Å². The molecule has 0 heterocycles. The van der Waals surface area contributed by atoms with Gasteiger partial charge in [0, 0.05) is 30.9 Å². The van der Waals surface area contributed by atoms with Gasteiger partial charge in [-0.2, -0.15) is 0 Å². The number of nitro groups is 1. The van der Waals surface area contributed by atoms with Gasteiger partial charge in [-0.25, -0.2) is 0 Å². The molecule has 0 bridgehead atoms. The van der Waals surface area contributed by atoms with E-state index in [0.717, 1.165) is 12.3 Å². The minimum Gasteiger partial charge on any atom is -0.385 e. The minimum absolute atomic E-state index is 0.0687. The predicted octanol–water partition coefficient (Wildman–Crippen LogP) is 2.95. The highest BCUT2D eigenvalue weighted by atomic mass is 16.6. The van der Waals surface area contributed by atoms with E-state index in [9.17, 15) is 14.9 Å². The molecule has 114 valence electrons. The van der Waals surface area contributed by atoms with Crippen LogP contribution in [0.25, 0.3) is 0 Å². The molecule has 1 aliphatic carbocycles. The summed E-state index contributed by atoms with van der Waals surface area (Å²) in [5.41, 5.74) is 0.893. The number of nitrogens with zero attached hydrogens (tertiary/aromatic N) is 1. The van der Waals surface area contributed by atoms with Crippen molar-refractivity contribution >= 4 is 17.3 Å². The van der Waals surface area contributed by atoms with Crippen LogP contribution in [0.15, 0.2) is 18.2 Å². The van der Waals surface area contributed by atoms with Crippen molar-refractivity contribution < 1.29 is 9.72 Å². The van der Waals surface area contributed by atoms with Gasteiger partial charge in [0.2, 0.25) is 0 Å². The molecule has 0 unspecified atom stereocenters. The Balaban J connectivity index is 2.04. The lowest BCUT2D eigenvalue weighted by Crippen LogP contribution is -2.28. The monoisotopic (exact) mass is 291 g/mol. The predicted molar refractivity (Wildman–Crippen MR) is 81.6 cm³/mol. The zero-order chi connectivity index (χ0) is 15.2. The van der Waals surface area contributed by atoms with Gasteiger partial charge in [0.15, 0.2) is 0 Å². The number of benzene rings is 1. The molecular formula is C15H21N3O3. The van der Waals surface area contributed by atoms with Crippen molar-refractivity contribution in [3.8, 4) is 0 Å². The van der Waals surface area contributed by atoms with Crippen molar-refractivity contribution in [1.29, 1.82) is 0 Å². The Morgan fingerprint density at radius 1 is 1.43 bits per heavy atom. The van der Waals surface area contributed by atoms with E-state index in [0.29, 0.717) is 24.3 Å². The topological polar surface area (TPSA) is 84.3 Å². The third-order valence-electron chi connectivity index (χ3n) is 3.89. The smallest absolute Gasteiger partial charge is 0.270 e. The number of anilines is 1. The van der Waals surface area contributed by atoms with Crippen LogP contribution in [0, 0.1) is 16.0 Å². The normalized spacial score (nSPS) is 14.3. The van der Waals surface area contributed by atoms with Gasteiger partial charge in [-0.3, -0.25) is 14.9 Å². The molecule has 1 aliphatic rings. The highest BCUT2D eigenvalue weighted by Crippen LogP contribution is 2.29. The molecule has 1 aromatic carbocycles. The summed E-state index contributed by atoms with van der Waals surface area (Å²) in [6.07, 6.45) is 4.76. The molecular weight excluding hydrogens is 270 g/mol. The van der Waals surface area contributed by atoms with Crippen molar-refractivity contribution in [2.24, 2.45) is 5.92 Å². The van der Waals surface area contributed by atoms with Crippen molar-refractivity contribution in [2.75, 3.05) is 18.4 Å². The van der Waals surface area contributed by atoms with E-state index in [4.69, 9.17) is 0 Å². The van der Waals surface area contributed by atoms with Crippen LogP contribution in [0.5, 0.6) is 0 Å². The van der Waals surface area contributed by atoms with Crippen LogP contribution >= 0.6 is 0 Å². The largest absolute Gasteiger partial charge is 0.385 e. The summed E-state index contributed by atoms with van der Waals surface area (Å²) < 4.78 is 0. The third-order valence-corrected chi connectivity index (χ3v) is 3.89. The fourth-order valence-corrected chi connectivity index (χ4v) is 2.44. The summed E-state index contributed by atoms with van der Waals surface area (Å²) >= 11 is 0. The zero-order valence-electron chi connectivity index (χ0n) is 12.2. The molecule has 0 radical (unpaired) electrons. The first-order valence-electron chi connectivity index (χ1n) is 7.42. The summed E-state index contributed by atoms with van der Waals surface area (Å²) in [5, 5.41) is 16.8. The van der Waals surface area contributed by atoms with E-state index in [-0.39, 0.29) is 11.6 Å². The molecule has 21 heavy (non-hydrogen) atoms. The molecule has 6 nitrogen and oxygen atoms in total. The van der Waals surface area contributed by atoms with E-state index in [1.165, 1.54) is 31.4 Å². The fraction of sp³-hybridized carbons (Fsp3) is 0.533. The zero-order valence-corrected chi connectivity index (χ0v) is 12.2. The maximum absolute atomic E-state index is 12.2. The first kappa shape index (κ1) is 15.3. The van der Waals surface area contributed by atoms with Gasteiger partial charge in [-0.05, 0) is 25.3 Å². The van der Waals surface area contributed by atoms with E-state index < -0.39 is 4.92 Å². The average molecular weight is 291 g/mol. The fourth-order valence-electron chi connectivity index (χ4n) is 2.44. The summed E-state index contributed by atoms with van der Waals surface area (Å²) in [6, 6.07) is 4.32. The van der Waals surface area contributed by atoms with E-state index >= 15 is 0 Å². The second-order valence-electron chi connectivity index (χ2n) is 5.36. The molecule has 0 saturated heterocycles. The van der Waals surface area contributed by atoms with Gasteiger partial charge in [0.25, 0.3) is 11.6 Å². The van der Waals surface area contributed by atoms with Crippen molar-refractivity contribution in [3.05, 3.63) is 33.9 Å². The van der Waals surface area contributed by atoms with Crippen LogP contribution in [0.1, 0.15) is 43.0 Å². The van der Waals surface area contributed by atoms with E-state index in [1.807, 2.05) is 6.92 Å². The van der Waals surface area contributed by atoms with Gasteiger partial charge < -0.3 is 10.6 Å². The second kappa shape index (κ2) is 7.06. The number of amides is 1. The standard InChI is InChI=1S/C15H21N3O3/c1-2-16-14-7-6-12(18(20)21)10-13(14)15(19)17-9-8-11-4-3-5-11/h6-7,10-11,16H,2-5,8-9H2,1H3,(H,17,19). The molecule has 0 aliphatic heterocycles. The van der Waals surface area contributed by atoms with Gasteiger partial charge >= 0.3 is 0 Å². The number of non-ortho nitro benzene ring substituents is 1. The Morgan fingerprint density at radius 2 is 2.19 bits per heavy atom. The quantitative estimate of drug-likeness (QED) is 0.597. The maximum atomic E-state index is 12.2. The SMILES string of the molecule is CCNc1ccc([N+](=O)[O-])cc1C(=O)NCCC1CCC1. The molecule has 1 amide bonds. The van der Waals surface area contributed by atoms with Crippen LogP contribution in [0.3, 0.4) is 0 Å². The van der Waals surface area contributed by atoms with Crippen molar-refractivity contribution in [3.63, 3.8) is 0 Å². The van der Waals surface area contributed by atoms with Crippen molar-refractivity contribution in [2.45, 2.75) is 32.6 Å². The van der Waals surface area contributed by atoms with Crippen LogP contribution in [0.4, 0.5) is 11.4 Å². The summed E-state index contributed by atoms with van der Waals surface area (Å²) in [6.45, 7) is 3.19. The molecule has 2 rings (SSSR count). The Bertz CT molecular complexity index is 527. The number of carbonyl (C=O) groups excluding carboxylic acids is 1. The second-order valence-corrected chi connectivity index (χ2v) is 5.36. The van der Waals surface area contributed by atoms with E-state index in [2.05, 4.69) is 10.6 Å². The highest BCUT2D eigenvalue weighted by Gasteiger charge is 2.19. The Kier molecular flexibility index (Phi) is 5.14. The lowest BCUT2D eigenvalue weighted by molar-refractivity contribution is -0.384. The number of rotatable bonds is 7. The number of carbonyl (C=O) groups is 1. The molecule has 6 heteroatoms. The summed E-state index contributed by atoms with van der Waals surface area (Å²) in [4.78, 5) is 22.6. The lowest BCUT2D eigenvalue weighted by Gasteiger charge is -2.25. The molecule has 1 fully saturated rings. The molecule has 1 saturated carbocycles. The Labute approximate surface area is 124 Å². The number of hydrogen-bond donors (Lipinski definition) is 2. The Hall–Kier alpha value is -2.11. The number of nitrogens with one attached hydrogen (secondary N) is 2. The van der Waals surface area contributed by atoms with Gasteiger partial charge in [0.05, 0.1) is 10.5 Å². The highest BCUT2D eigenvalue weighted by molar-refractivity contribution is 6.00. The number of nitro benzene ring substituents is 1. The molecule has 0 atom stereocenters. The minimum atomic E-state index is -0.485. The molecule has 2 N–H and O–H groups in total. The first-order valence-corrected chi connectivity index (χ1v) is 7.42. The van der Waals surface area contributed by atoms with E-state index in [1.54, 1.807) is 6.07 Å². The third kappa shape index (κ3) is 3.93. The summed E-state index contributed by atoms with van der Waals surface area (Å²) in [7, 11) is 0. The van der Waals surface area contributed by atoms with Gasteiger partial charge in [0.1, 0.15) is 0 Å². The first-order chi connectivity index (χ1) is 10.1. The van der Waals surface area contributed by atoms with Crippen LogP contribution < -0.4 is 10.6 Å². The van der Waals surface area contributed by atoms with Crippen LogP contribution in [0.2, 0.25) is 0 Å². The van der Waals surface area contributed by atoms with Gasteiger partial charge in [-0.1, -0.05) is 19.3 Å². The molecule has 1 aromatic rings. The average Bonchev–Trinajstić information content (AvgIpc) is 2.41. The van der Waals surface area contributed by atoms with Gasteiger partial charge in [-0.15, -0.1) is 0 Å². The van der Waals surface area contributed by atoms with Crippen molar-refractivity contribution in [1.82, 2.24) is 5.32 Å². The van der Waals surface area contributed by atoms with Crippen LogP contribution in [-0.4, -0.2) is 23.9 Å². The molecule has 0 aromatic heterocycles. The number of hydrogen-bond acceptors (Lipinski definition) is 4.